The molecule has 0 saturated carbocycles. The number of carbonyl (C=O) groups is 3. The normalized spacial score (nSPS) is 15.3. The number of likely N-dealkylation sites (N-methyl/N-ethyl adjacent to an activating group) is 1. The Bertz CT molecular complexity index is 592. The van der Waals surface area contributed by atoms with E-state index < -0.39 is 5.97 Å². The Hall–Kier alpha value is -2.09. The molecule has 126 valence electrons. The number of ether oxygens (including phenoxy) is 1. The summed E-state index contributed by atoms with van der Waals surface area (Å²) in [4.78, 5) is 38.9. The van der Waals surface area contributed by atoms with Gasteiger partial charge in [-0.3, -0.25) is 14.4 Å². The molecule has 0 bridgehead atoms. The average molecular weight is 340 g/mol. The maximum Gasteiger partial charge on any atom is 0.306 e. The maximum atomic E-state index is 12.3. The topological polar surface area (TPSA) is 87.2 Å². The molecule has 1 fully saturated rings. The second kappa shape index (κ2) is 7.45. The molecule has 23 heavy (non-hydrogen) atoms. The van der Waals surface area contributed by atoms with Crippen molar-refractivity contribution in [2.45, 2.75) is 12.8 Å². The van der Waals surface area contributed by atoms with Gasteiger partial charge in [-0.25, -0.2) is 0 Å². The van der Waals surface area contributed by atoms with Gasteiger partial charge in [0.2, 0.25) is 5.91 Å². The summed E-state index contributed by atoms with van der Waals surface area (Å²) in [6.07, 6.45) is 0.918. The van der Waals surface area contributed by atoms with Crippen molar-refractivity contribution in [1.29, 1.82) is 0 Å². The number of rotatable bonds is 5. The lowest BCUT2D eigenvalue weighted by Crippen LogP contribution is -2.45. The van der Waals surface area contributed by atoms with Crippen LogP contribution in [-0.2, 0) is 9.59 Å². The first kappa shape index (κ1) is 17.3. The zero-order chi connectivity index (χ0) is 17.0. The van der Waals surface area contributed by atoms with Crippen LogP contribution in [0, 0.1) is 5.92 Å². The molecule has 0 unspecified atom stereocenters. The van der Waals surface area contributed by atoms with Crippen LogP contribution in [0.4, 0.5) is 0 Å². The van der Waals surface area contributed by atoms with E-state index in [1.165, 1.54) is 23.3 Å². The van der Waals surface area contributed by atoms with E-state index in [1.54, 1.807) is 23.4 Å². The lowest BCUT2D eigenvalue weighted by Gasteiger charge is -2.31. The van der Waals surface area contributed by atoms with Gasteiger partial charge in [-0.2, -0.15) is 0 Å². The standard InChI is InChI=1S/C15H20N2O5S/c1-16(14(19)12-7-11(22-2)9-23-12)8-13(18)17-5-3-10(4-6-17)15(20)21/h7,9-10H,3-6,8H2,1-2H3,(H,20,21). The number of methoxy groups -OCH3 is 1. The summed E-state index contributed by atoms with van der Waals surface area (Å²) in [5.74, 6) is -0.956. The fourth-order valence-electron chi connectivity index (χ4n) is 2.48. The zero-order valence-electron chi connectivity index (χ0n) is 13.2. The van der Waals surface area contributed by atoms with Gasteiger partial charge in [0.05, 0.1) is 24.4 Å². The molecule has 0 aromatic carbocycles. The summed E-state index contributed by atoms with van der Waals surface area (Å²) >= 11 is 1.27. The van der Waals surface area contributed by atoms with Crippen molar-refractivity contribution in [1.82, 2.24) is 9.80 Å². The van der Waals surface area contributed by atoms with Crippen molar-refractivity contribution in [3.63, 3.8) is 0 Å². The van der Waals surface area contributed by atoms with E-state index in [0.717, 1.165) is 0 Å². The molecule has 1 saturated heterocycles. The van der Waals surface area contributed by atoms with Crippen molar-refractivity contribution in [2.24, 2.45) is 5.92 Å². The molecule has 1 aromatic heterocycles. The number of nitrogens with zero attached hydrogens (tertiary/aromatic N) is 2. The highest BCUT2D eigenvalue weighted by Crippen LogP contribution is 2.22. The summed E-state index contributed by atoms with van der Waals surface area (Å²) in [6, 6.07) is 1.65. The average Bonchev–Trinajstić information content (AvgIpc) is 3.03. The molecular formula is C15H20N2O5S. The monoisotopic (exact) mass is 340 g/mol. The minimum Gasteiger partial charge on any atom is -0.496 e. The molecule has 2 amide bonds. The number of carbonyl (C=O) groups excluding carboxylic acids is 2. The van der Waals surface area contributed by atoms with Gasteiger partial charge in [0, 0.05) is 31.6 Å². The van der Waals surface area contributed by atoms with E-state index >= 15 is 0 Å². The number of carboxylic acid groups (broad SMARTS) is 1. The number of carboxylic acids is 1. The Morgan fingerprint density at radius 2 is 2.04 bits per heavy atom. The quantitative estimate of drug-likeness (QED) is 0.869. The van der Waals surface area contributed by atoms with E-state index in [1.807, 2.05) is 0 Å². The molecule has 0 aliphatic carbocycles. The summed E-state index contributed by atoms with van der Waals surface area (Å²) in [5, 5.41) is 10.7. The number of likely N-dealkylation sites (tertiary alicyclic amines) is 1. The van der Waals surface area contributed by atoms with Gasteiger partial charge >= 0.3 is 5.97 Å². The van der Waals surface area contributed by atoms with Crippen LogP contribution < -0.4 is 4.74 Å². The van der Waals surface area contributed by atoms with Crippen LogP contribution in [0.2, 0.25) is 0 Å². The molecule has 2 rings (SSSR count). The Morgan fingerprint density at radius 3 is 2.57 bits per heavy atom. The fraction of sp³-hybridized carbons (Fsp3) is 0.533. The summed E-state index contributed by atoms with van der Waals surface area (Å²) < 4.78 is 5.05. The Morgan fingerprint density at radius 1 is 1.39 bits per heavy atom. The Balaban J connectivity index is 1.87. The summed E-state index contributed by atoms with van der Waals surface area (Å²) in [6.45, 7) is 0.825. The number of thiophene rings is 1. The number of hydrogen-bond acceptors (Lipinski definition) is 5. The van der Waals surface area contributed by atoms with Gasteiger partial charge in [0.25, 0.3) is 5.91 Å². The van der Waals surface area contributed by atoms with Crippen molar-refractivity contribution in [2.75, 3.05) is 33.8 Å². The van der Waals surface area contributed by atoms with Crippen LogP contribution in [0.3, 0.4) is 0 Å². The van der Waals surface area contributed by atoms with Crippen LogP contribution in [0.25, 0.3) is 0 Å². The largest absolute Gasteiger partial charge is 0.496 e. The summed E-state index contributed by atoms with van der Waals surface area (Å²) in [7, 11) is 3.11. The van der Waals surface area contributed by atoms with Gasteiger partial charge in [0.1, 0.15) is 5.75 Å². The number of piperidine rings is 1. The first-order valence-electron chi connectivity index (χ1n) is 7.31. The van der Waals surface area contributed by atoms with Crippen molar-refractivity contribution in [3.05, 3.63) is 16.3 Å². The van der Waals surface area contributed by atoms with E-state index in [2.05, 4.69) is 0 Å². The predicted octanol–water partition coefficient (Wildman–Crippen LogP) is 1.15. The highest BCUT2D eigenvalue weighted by molar-refractivity contribution is 7.12. The highest BCUT2D eigenvalue weighted by Gasteiger charge is 2.28. The molecular weight excluding hydrogens is 320 g/mol. The lowest BCUT2D eigenvalue weighted by molar-refractivity contribution is -0.145. The van der Waals surface area contributed by atoms with Crippen molar-refractivity contribution < 1.29 is 24.2 Å². The second-order valence-corrected chi connectivity index (χ2v) is 6.42. The van der Waals surface area contributed by atoms with Gasteiger partial charge in [-0.1, -0.05) is 0 Å². The second-order valence-electron chi connectivity index (χ2n) is 5.51. The molecule has 7 nitrogen and oxygen atoms in total. The van der Waals surface area contributed by atoms with Crippen LogP contribution in [-0.4, -0.2) is 66.5 Å². The van der Waals surface area contributed by atoms with Crippen LogP contribution in [0.5, 0.6) is 5.75 Å². The van der Waals surface area contributed by atoms with Crippen LogP contribution in [0.1, 0.15) is 22.5 Å². The van der Waals surface area contributed by atoms with Crippen molar-refractivity contribution in [3.8, 4) is 5.75 Å². The summed E-state index contributed by atoms with van der Waals surface area (Å²) in [5.41, 5.74) is 0. The zero-order valence-corrected chi connectivity index (χ0v) is 14.0. The lowest BCUT2D eigenvalue weighted by atomic mass is 9.97. The third-order valence-corrected chi connectivity index (χ3v) is 4.83. The third-order valence-electron chi connectivity index (χ3n) is 3.94. The number of amides is 2. The minimum atomic E-state index is -0.809. The number of hydrogen-bond donors (Lipinski definition) is 1. The van der Waals surface area contributed by atoms with Crippen LogP contribution >= 0.6 is 11.3 Å². The van der Waals surface area contributed by atoms with Gasteiger partial charge < -0.3 is 19.6 Å². The Labute approximate surface area is 138 Å². The molecule has 2 heterocycles. The molecule has 1 aromatic rings. The predicted molar refractivity (Wildman–Crippen MR) is 84.8 cm³/mol. The van der Waals surface area contributed by atoms with Crippen LogP contribution in [0.15, 0.2) is 11.4 Å². The smallest absolute Gasteiger partial charge is 0.306 e. The SMILES string of the molecule is COc1csc(C(=O)N(C)CC(=O)N2CCC(C(=O)O)CC2)c1. The first-order chi connectivity index (χ1) is 10.9. The Kier molecular flexibility index (Phi) is 5.59. The molecule has 8 heteroatoms. The molecule has 1 N–H and O–H groups in total. The van der Waals surface area contributed by atoms with Crippen molar-refractivity contribution >= 4 is 29.1 Å². The van der Waals surface area contributed by atoms with Gasteiger partial charge in [0.15, 0.2) is 0 Å². The first-order valence-corrected chi connectivity index (χ1v) is 8.19. The molecule has 1 aliphatic rings. The van der Waals surface area contributed by atoms with E-state index in [9.17, 15) is 14.4 Å². The minimum absolute atomic E-state index is 0.0171. The van der Waals surface area contributed by atoms with E-state index in [0.29, 0.717) is 36.6 Å². The molecule has 1 aliphatic heterocycles. The van der Waals surface area contributed by atoms with Gasteiger partial charge in [-0.05, 0) is 12.8 Å². The van der Waals surface area contributed by atoms with E-state index in [4.69, 9.17) is 9.84 Å². The third kappa shape index (κ3) is 4.22. The maximum absolute atomic E-state index is 12.3. The molecule has 0 spiro atoms. The molecule has 0 atom stereocenters. The van der Waals surface area contributed by atoms with E-state index in [-0.39, 0.29) is 24.3 Å². The molecule has 0 radical (unpaired) electrons. The number of aliphatic carboxylic acids is 1. The highest BCUT2D eigenvalue weighted by atomic mass is 32.1. The van der Waals surface area contributed by atoms with Gasteiger partial charge in [-0.15, -0.1) is 11.3 Å². The fourth-order valence-corrected chi connectivity index (χ4v) is 3.32.